The second-order valence-electron chi connectivity index (χ2n) is 7.52. The van der Waals surface area contributed by atoms with Gasteiger partial charge >= 0.3 is 6.01 Å². The lowest BCUT2D eigenvalue weighted by atomic mass is 9.95. The molecule has 0 radical (unpaired) electrons. The van der Waals surface area contributed by atoms with E-state index in [4.69, 9.17) is 9.15 Å². The van der Waals surface area contributed by atoms with Crippen molar-refractivity contribution in [2.24, 2.45) is 5.92 Å². The number of benzene rings is 2. The van der Waals surface area contributed by atoms with Crippen LogP contribution in [0.2, 0.25) is 0 Å². The molecular weight excluding hydrogens is 380 g/mol. The minimum atomic E-state index is -0.00334. The summed E-state index contributed by atoms with van der Waals surface area (Å²) < 4.78 is 11.0. The smallest absolute Gasteiger partial charge is 0.318 e. The summed E-state index contributed by atoms with van der Waals surface area (Å²) in [7, 11) is 1.63. The fourth-order valence-electron chi connectivity index (χ4n) is 3.68. The number of carbonyl (C=O) groups is 1. The van der Waals surface area contributed by atoms with Gasteiger partial charge in [0.05, 0.1) is 13.2 Å². The van der Waals surface area contributed by atoms with Crippen LogP contribution in [0, 0.1) is 5.92 Å². The third kappa shape index (κ3) is 4.45. The van der Waals surface area contributed by atoms with Crippen molar-refractivity contribution in [2.45, 2.75) is 25.8 Å². The highest BCUT2D eigenvalue weighted by atomic mass is 16.5. The lowest BCUT2D eigenvalue weighted by Crippen LogP contribution is -2.41. The van der Waals surface area contributed by atoms with E-state index in [2.05, 4.69) is 15.5 Å². The zero-order chi connectivity index (χ0) is 20.9. The van der Waals surface area contributed by atoms with Gasteiger partial charge in [-0.15, -0.1) is 5.10 Å². The molecule has 1 aromatic heterocycles. The molecule has 1 aliphatic heterocycles. The number of hydrogen-bond donors (Lipinski definition) is 1. The van der Waals surface area contributed by atoms with E-state index < -0.39 is 0 Å². The monoisotopic (exact) mass is 406 g/mol. The van der Waals surface area contributed by atoms with Gasteiger partial charge in [-0.1, -0.05) is 35.4 Å². The summed E-state index contributed by atoms with van der Waals surface area (Å²) in [4.78, 5) is 14.7. The Morgan fingerprint density at radius 3 is 2.47 bits per heavy atom. The molecule has 1 N–H and O–H groups in total. The molecule has 1 fully saturated rings. The van der Waals surface area contributed by atoms with Crippen LogP contribution in [0.3, 0.4) is 0 Å². The molecule has 7 heteroatoms. The van der Waals surface area contributed by atoms with Crippen LogP contribution in [0.25, 0.3) is 11.5 Å². The van der Waals surface area contributed by atoms with Gasteiger partial charge in [0.1, 0.15) is 5.75 Å². The number of rotatable bonds is 6. The van der Waals surface area contributed by atoms with E-state index in [0.29, 0.717) is 25.0 Å². The average Bonchev–Trinajstić information content (AvgIpc) is 3.30. The van der Waals surface area contributed by atoms with Gasteiger partial charge in [0.25, 0.3) is 0 Å². The molecule has 1 amide bonds. The maximum absolute atomic E-state index is 12.7. The van der Waals surface area contributed by atoms with Crippen LogP contribution in [0.5, 0.6) is 5.75 Å². The number of methoxy groups -OCH3 is 1. The van der Waals surface area contributed by atoms with Crippen LogP contribution < -0.4 is 15.0 Å². The highest BCUT2D eigenvalue weighted by molar-refractivity contribution is 5.79. The molecule has 156 valence electrons. The van der Waals surface area contributed by atoms with Gasteiger partial charge in [0, 0.05) is 24.6 Å². The molecule has 1 saturated heterocycles. The normalized spacial score (nSPS) is 15.6. The summed E-state index contributed by atoms with van der Waals surface area (Å²) in [5.74, 6) is 1.36. The van der Waals surface area contributed by atoms with Crippen LogP contribution in [0.1, 0.15) is 31.4 Å². The van der Waals surface area contributed by atoms with E-state index in [1.165, 1.54) is 0 Å². The fourth-order valence-corrected chi connectivity index (χ4v) is 3.68. The molecular formula is C23H26N4O3. The number of amides is 1. The summed E-state index contributed by atoms with van der Waals surface area (Å²) >= 11 is 0. The third-order valence-electron chi connectivity index (χ3n) is 5.55. The first-order valence-corrected chi connectivity index (χ1v) is 10.2. The fraction of sp³-hybridized carbons (Fsp3) is 0.348. The predicted octanol–water partition coefficient (Wildman–Crippen LogP) is 3.84. The van der Waals surface area contributed by atoms with E-state index in [0.717, 1.165) is 29.7 Å². The molecule has 2 aromatic carbocycles. The predicted molar refractivity (Wildman–Crippen MR) is 114 cm³/mol. The number of carbonyl (C=O) groups excluding carboxylic acids is 1. The van der Waals surface area contributed by atoms with Crippen molar-refractivity contribution in [3.05, 3.63) is 60.2 Å². The highest BCUT2D eigenvalue weighted by Gasteiger charge is 2.28. The van der Waals surface area contributed by atoms with Crippen molar-refractivity contribution in [3.63, 3.8) is 0 Å². The molecule has 0 saturated carbocycles. The second-order valence-corrected chi connectivity index (χ2v) is 7.52. The molecule has 1 aliphatic rings. The zero-order valence-electron chi connectivity index (χ0n) is 17.2. The number of piperidine rings is 1. The van der Waals surface area contributed by atoms with Crippen LogP contribution in [-0.4, -0.2) is 36.3 Å². The van der Waals surface area contributed by atoms with Crippen LogP contribution >= 0.6 is 0 Å². The van der Waals surface area contributed by atoms with E-state index in [9.17, 15) is 4.79 Å². The minimum absolute atomic E-state index is 0.000255. The summed E-state index contributed by atoms with van der Waals surface area (Å²) in [6.07, 6.45) is 1.52. The molecule has 0 aliphatic carbocycles. The van der Waals surface area contributed by atoms with Crippen molar-refractivity contribution in [2.75, 3.05) is 25.1 Å². The number of anilines is 1. The Morgan fingerprint density at radius 2 is 1.80 bits per heavy atom. The Hall–Kier alpha value is -3.35. The molecule has 2 heterocycles. The zero-order valence-corrected chi connectivity index (χ0v) is 17.2. The van der Waals surface area contributed by atoms with Gasteiger partial charge in [0.2, 0.25) is 11.8 Å². The summed E-state index contributed by atoms with van der Waals surface area (Å²) in [5.41, 5.74) is 1.96. The van der Waals surface area contributed by atoms with E-state index in [-0.39, 0.29) is 17.9 Å². The number of hydrogen-bond acceptors (Lipinski definition) is 6. The van der Waals surface area contributed by atoms with Gasteiger partial charge in [0.15, 0.2) is 0 Å². The molecule has 0 spiro atoms. The third-order valence-corrected chi connectivity index (χ3v) is 5.55. The second kappa shape index (κ2) is 8.98. The number of ether oxygens (including phenoxy) is 1. The topological polar surface area (TPSA) is 80.5 Å². The molecule has 30 heavy (non-hydrogen) atoms. The number of nitrogens with one attached hydrogen (secondary N) is 1. The average molecular weight is 406 g/mol. The molecule has 1 atom stereocenters. The van der Waals surface area contributed by atoms with Gasteiger partial charge in [-0.3, -0.25) is 4.79 Å². The van der Waals surface area contributed by atoms with Crippen molar-refractivity contribution >= 4 is 11.9 Å². The highest BCUT2D eigenvalue weighted by Crippen LogP contribution is 2.27. The quantitative estimate of drug-likeness (QED) is 0.670. The number of nitrogens with zero attached hydrogens (tertiary/aromatic N) is 3. The minimum Gasteiger partial charge on any atom is -0.497 e. The largest absolute Gasteiger partial charge is 0.497 e. The van der Waals surface area contributed by atoms with Gasteiger partial charge in [-0.05, 0) is 49.6 Å². The Kier molecular flexibility index (Phi) is 5.97. The van der Waals surface area contributed by atoms with Crippen LogP contribution in [-0.2, 0) is 4.79 Å². The molecule has 3 aromatic rings. The first-order valence-electron chi connectivity index (χ1n) is 10.2. The van der Waals surface area contributed by atoms with Gasteiger partial charge < -0.3 is 19.4 Å². The summed E-state index contributed by atoms with van der Waals surface area (Å²) in [6, 6.07) is 18.0. The first-order chi connectivity index (χ1) is 14.6. The Balaban J connectivity index is 1.32. The maximum Gasteiger partial charge on any atom is 0.318 e. The lowest BCUT2D eigenvalue weighted by molar-refractivity contribution is -0.126. The standard InChI is InChI=1S/C23H26N4O3/c1-16(17-6-4-3-5-7-17)24-21(28)18-12-14-27(15-13-18)23-26-25-22(30-23)19-8-10-20(29-2)11-9-19/h3-11,16,18H,12-15H2,1-2H3,(H,24,28). The molecule has 7 nitrogen and oxygen atoms in total. The Labute approximate surface area is 176 Å². The lowest BCUT2D eigenvalue weighted by Gasteiger charge is -2.30. The van der Waals surface area contributed by atoms with Crippen molar-refractivity contribution < 1.29 is 13.9 Å². The molecule has 4 rings (SSSR count). The van der Waals surface area contributed by atoms with Crippen LogP contribution in [0.15, 0.2) is 59.0 Å². The summed E-state index contributed by atoms with van der Waals surface area (Å²) in [5, 5.41) is 11.5. The van der Waals surface area contributed by atoms with E-state index in [1.54, 1.807) is 7.11 Å². The SMILES string of the molecule is COc1ccc(-c2nnc(N3CCC(C(=O)NC(C)c4ccccc4)CC3)o2)cc1. The maximum atomic E-state index is 12.7. The number of aromatic nitrogens is 2. The Bertz CT molecular complexity index is 964. The summed E-state index contributed by atoms with van der Waals surface area (Å²) in [6.45, 7) is 3.44. The Morgan fingerprint density at radius 1 is 1.10 bits per heavy atom. The first kappa shape index (κ1) is 19.9. The van der Waals surface area contributed by atoms with Gasteiger partial charge in [-0.25, -0.2) is 0 Å². The van der Waals surface area contributed by atoms with Crippen LogP contribution in [0.4, 0.5) is 6.01 Å². The van der Waals surface area contributed by atoms with Crippen molar-refractivity contribution in [3.8, 4) is 17.2 Å². The van der Waals surface area contributed by atoms with E-state index in [1.807, 2.05) is 66.4 Å². The molecule has 0 bridgehead atoms. The van der Waals surface area contributed by atoms with Gasteiger partial charge in [-0.2, -0.15) is 0 Å². The van der Waals surface area contributed by atoms with E-state index >= 15 is 0 Å². The molecule has 1 unspecified atom stereocenters. The van der Waals surface area contributed by atoms with Crippen molar-refractivity contribution in [1.82, 2.24) is 15.5 Å². The van der Waals surface area contributed by atoms with Crippen molar-refractivity contribution in [1.29, 1.82) is 0 Å².